The molecule has 0 atom stereocenters. The van der Waals surface area contributed by atoms with E-state index in [2.05, 4.69) is 34.6 Å². The van der Waals surface area contributed by atoms with Crippen LogP contribution >= 0.6 is 24.0 Å². The van der Waals surface area contributed by atoms with Gasteiger partial charge in [0.15, 0.2) is 11.7 Å². The van der Waals surface area contributed by atoms with E-state index in [1.54, 1.807) is 19.2 Å². The molecule has 2 N–H and O–H groups in total. The fourth-order valence-electron chi connectivity index (χ4n) is 2.49. The van der Waals surface area contributed by atoms with Crippen molar-refractivity contribution < 1.29 is 8.91 Å². The molecule has 0 bridgehead atoms. The van der Waals surface area contributed by atoms with Gasteiger partial charge in [-0.05, 0) is 30.5 Å². The number of aromatic nitrogens is 1. The highest BCUT2D eigenvalue weighted by Crippen LogP contribution is 2.22. The Morgan fingerprint density at radius 3 is 2.40 bits per heavy atom. The van der Waals surface area contributed by atoms with Gasteiger partial charge in [0.2, 0.25) is 0 Å². The molecule has 0 amide bonds. The molecule has 0 saturated carbocycles. The molecule has 1 aromatic heterocycles. The second-order valence-electron chi connectivity index (χ2n) is 5.64. The molecular formula is C18H26FIN4O. The van der Waals surface area contributed by atoms with Gasteiger partial charge in [0.05, 0.1) is 12.2 Å². The summed E-state index contributed by atoms with van der Waals surface area (Å²) < 4.78 is 18.3. The first-order valence-corrected chi connectivity index (χ1v) is 8.30. The maximum Gasteiger partial charge on any atom is 0.191 e. The summed E-state index contributed by atoms with van der Waals surface area (Å²) in [5.74, 6) is 1.64. The molecule has 0 spiro atoms. The summed E-state index contributed by atoms with van der Waals surface area (Å²) >= 11 is 0. The minimum absolute atomic E-state index is 0. The fraction of sp³-hybridized carbons (Fsp3) is 0.444. The highest BCUT2D eigenvalue weighted by atomic mass is 127. The SMILES string of the molecule is CCC(CC)c1cc(CNC(=NC)NCc2ccc(F)cc2)on1.I. The number of nitrogens with zero attached hydrogens (tertiary/aromatic N) is 2. The van der Waals surface area contributed by atoms with Crippen LogP contribution in [0.5, 0.6) is 0 Å². The smallest absolute Gasteiger partial charge is 0.191 e. The lowest BCUT2D eigenvalue weighted by Gasteiger charge is -2.10. The van der Waals surface area contributed by atoms with Gasteiger partial charge in [-0.2, -0.15) is 0 Å². The lowest BCUT2D eigenvalue weighted by Crippen LogP contribution is -2.36. The molecule has 0 aliphatic rings. The minimum Gasteiger partial charge on any atom is -0.359 e. The normalized spacial score (nSPS) is 11.3. The number of halogens is 2. The quantitative estimate of drug-likeness (QED) is 0.370. The zero-order chi connectivity index (χ0) is 17.4. The van der Waals surface area contributed by atoms with Gasteiger partial charge in [0, 0.05) is 25.6 Å². The zero-order valence-electron chi connectivity index (χ0n) is 14.9. The van der Waals surface area contributed by atoms with Gasteiger partial charge in [0.1, 0.15) is 5.82 Å². The fourth-order valence-corrected chi connectivity index (χ4v) is 2.49. The van der Waals surface area contributed by atoms with Crippen LogP contribution in [0, 0.1) is 5.82 Å². The van der Waals surface area contributed by atoms with E-state index in [1.165, 1.54) is 12.1 Å². The number of guanidine groups is 1. The molecular weight excluding hydrogens is 434 g/mol. The summed E-state index contributed by atoms with van der Waals surface area (Å²) in [5.41, 5.74) is 1.99. The lowest BCUT2D eigenvalue weighted by molar-refractivity contribution is 0.368. The van der Waals surface area contributed by atoms with Crippen molar-refractivity contribution >= 4 is 29.9 Å². The van der Waals surface area contributed by atoms with Crippen LogP contribution in [-0.2, 0) is 13.1 Å². The summed E-state index contributed by atoms with van der Waals surface area (Å²) in [6, 6.07) is 8.38. The average molecular weight is 460 g/mol. The van der Waals surface area contributed by atoms with Crippen LogP contribution in [0.3, 0.4) is 0 Å². The third-order valence-corrected chi connectivity index (χ3v) is 4.01. The van der Waals surface area contributed by atoms with Gasteiger partial charge in [-0.15, -0.1) is 24.0 Å². The van der Waals surface area contributed by atoms with Crippen molar-refractivity contribution in [1.29, 1.82) is 0 Å². The van der Waals surface area contributed by atoms with Crippen molar-refractivity contribution in [3.8, 4) is 0 Å². The molecule has 138 valence electrons. The number of aliphatic imine (C=N–C) groups is 1. The summed E-state index contributed by atoms with van der Waals surface area (Å²) in [6.07, 6.45) is 2.10. The minimum atomic E-state index is -0.236. The maximum absolute atomic E-state index is 12.9. The number of nitrogens with one attached hydrogen (secondary N) is 2. The Kier molecular flexibility index (Phi) is 9.48. The molecule has 25 heavy (non-hydrogen) atoms. The Hall–Kier alpha value is -1.64. The molecule has 0 radical (unpaired) electrons. The summed E-state index contributed by atoms with van der Waals surface area (Å²) in [5, 5.41) is 10.5. The number of benzene rings is 1. The predicted octanol–water partition coefficient (Wildman–Crippen LogP) is 4.20. The van der Waals surface area contributed by atoms with E-state index < -0.39 is 0 Å². The number of hydrogen-bond acceptors (Lipinski definition) is 3. The molecule has 0 unspecified atom stereocenters. The van der Waals surface area contributed by atoms with Gasteiger partial charge < -0.3 is 15.2 Å². The van der Waals surface area contributed by atoms with Gasteiger partial charge >= 0.3 is 0 Å². The van der Waals surface area contributed by atoms with Crippen LogP contribution in [0.25, 0.3) is 0 Å². The molecule has 7 heteroatoms. The van der Waals surface area contributed by atoms with Crippen molar-refractivity contribution in [3.63, 3.8) is 0 Å². The third-order valence-electron chi connectivity index (χ3n) is 4.01. The van der Waals surface area contributed by atoms with Gasteiger partial charge in [-0.1, -0.05) is 31.1 Å². The van der Waals surface area contributed by atoms with Crippen molar-refractivity contribution in [2.45, 2.75) is 45.7 Å². The highest BCUT2D eigenvalue weighted by Gasteiger charge is 2.13. The summed E-state index contributed by atoms with van der Waals surface area (Å²) in [6.45, 7) is 5.38. The van der Waals surface area contributed by atoms with E-state index in [1.807, 2.05) is 6.07 Å². The van der Waals surface area contributed by atoms with Gasteiger partial charge in [-0.25, -0.2) is 4.39 Å². The summed E-state index contributed by atoms with van der Waals surface area (Å²) in [7, 11) is 1.70. The molecule has 0 fully saturated rings. The van der Waals surface area contributed by atoms with E-state index in [0.29, 0.717) is 25.0 Å². The highest BCUT2D eigenvalue weighted by molar-refractivity contribution is 14.0. The maximum atomic E-state index is 12.9. The molecule has 5 nitrogen and oxygen atoms in total. The first kappa shape index (κ1) is 21.4. The molecule has 1 aromatic carbocycles. The van der Waals surface area contributed by atoms with Crippen LogP contribution in [0.15, 0.2) is 39.8 Å². The van der Waals surface area contributed by atoms with Crippen molar-refractivity contribution in [1.82, 2.24) is 15.8 Å². The molecule has 0 saturated heterocycles. The molecule has 0 aliphatic carbocycles. The van der Waals surface area contributed by atoms with E-state index in [4.69, 9.17) is 4.52 Å². The Morgan fingerprint density at radius 1 is 1.16 bits per heavy atom. The first-order chi connectivity index (χ1) is 11.7. The largest absolute Gasteiger partial charge is 0.359 e. The Balaban J connectivity index is 0.00000312. The standard InChI is InChI=1S/C18H25FN4O.HI/c1-4-14(5-2)17-10-16(24-23-17)12-22-18(20-3)21-11-13-6-8-15(19)9-7-13;/h6-10,14H,4-5,11-12H2,1-3H3,(H2,20,21,22);1H. The second-order valence-corrected chi connectivity index (χ2v) is 5.64. The Bertz CT molecular complexity index is 653. The van der Waals surface area contributed by atoms with Crippen LogP contribution in [0.4, 0.5) is 4.39 Å². The lowest BCUT2D eigenvalue weighted by atomic mass is 9.99. The van der Waals surface area contributed by atoms with Gasteiger partial charge in [-0.3, -0.25) is 4.99 Å². The van der Waals surface area contributed by atoms with Crippen molar-refractivity contribution in [2.24, 2.45) is 4.99 Å². The second kappa shape index (κ2) is 11.1. The number of hydrogen-bond donors (Lipinski definition) is 2. The van der Waals surface area contributed by atoms with Gasteiger partial charge in [0.25, 0.3) is 0 Å². The number of rotatable bonds is 7. The van der Waals surface area contributed by atoms with Crippen molar-refractivity contribution in [3.05, 3.63) is 53.2 Å². The molecule has 2 rings (SSSR count). The zero-order valence-corrected chi connectivity index (χ0v) is 17.2. The van der Waals surface area contributed by atoms with Crippen molar-refractivity contribution in [2.75, 3.05) is 7.05 Å². The third kappa shape index (κ3) is 6.64. The van der Waals surface area contributed by atoms with E-state index in [0.717, 1.165) is 29.9 Å². The molecule has 0 aliphatic heterocycles. The molecule has 1 heterocycles. The van der Waals surface area contributed by atoms with Crippen LogP contribution < -0.4 is 10.6 Å². The van der Waals surface area contributed by atoms with Crippen LogP contribution in [-0.4, -0.2) is 18.2 Å². The topological polar surface area (TPSA) is 62.5 Å². The predicted molar refractivity (Wildman–Crippen MR) is 109 cm³/mol. The monoisotopic (exact) mass is 460 g/mol. The van der Waals surface area contributed by atoms with Crippen LogP contribution in [0.2, 0.25) is 0 Å². The summed E-state index contributed by atoms with van der Waals surface area (Å²) in [4.78, 5) is 4.17. The first-order valence-electron chi connectivity index (χ1n) is 8.30. The Labute approximate surface area is 165 Å². The van der Waals surface area contributed by atoms with Crippen LogP contribution in [0.1, 0.15) is 49.6 Å². The molecule has 2 aromatic rings. The average Bonchev–Trinajstić information content (AvgIpc) is 3.06. The van der Waals surface area contributed by atoms with E-state index in [9.17, 15) is 4.39 Å². The Morgan fingerprint density at radius 2 is 1.80 bits per heavy atom. The van der Waals surface area contributed by atoms with E-state index in [-0.39, 0.29) is 29.8 Å². The van der Waals surface area contributed by atoms with E-state index >= 15 is 0 Å².